The van der Waals surface area contributed by atoms with Crippen LogP contribution >= 0.6 is 15.9 Å². The number of aliphatic carboxylic acids is 1. The molecule has 18 heavy (non-hydrogen) atoms. The fraction of sp³-hybridized carbons (Fsp3) is 0.455. The Morgan fingerprint density at radius 3 is 2.89 bits per heavy atom. The summed E-state index contributed by atoms with van der Waals surface area (Å²) in [5, 5.41) is 11.8. The van der Waals surface area contributed by atoms with Crippen LogP contribution in [0.3, 0.4) is 0 Å². The van der Waals surface area contributed by atoms with Crippen molar-refractivity contribution in [1.29, 1.82) is 0 Å². The predicted octanol–water partition coefficient (Wildman–Crippen LogP) is 1.14. The lowest BCUT2D eigenvalue weighted by atomic mass is 10.0. The first-order valence-electron chi connectivity index (χ1n) is 5.57. The lowest BCUT2D eigenvalue weighted by Crippen LogP contribution is -2.46. The number of ether oxygens (including phenoxy) is 1. The Morgan fingerprint density at radius 1 is 1.50 bits per heavy atom. The normalized spacial score (nSPS) is 23.6. The van der Waals surface area contributed by atoms with Gasteiger partial charge < -0.3 is 20.1 Å². The van der Waals surface area contributed by atoms with Gasteiger partial charge in [-0.3, -0.25) is 4.79 Å². The van der Waals surface area contributed by atoms with Crippen molar-refractivity contribution in [3.05, 3.63) is 22.4 Å². The number of aromatic amines is 1. The lowest BCUT2D eigenvalue weighted by molar-refractivity contribution is -0.141. The van der Waals surface area contributed by atoms with E-state index in [0.717, 1.165) is 4.47 Å². The largest absolute Gasteiger partial charge is 0.480 e. The highest BCUT2D eigenvalue weighted by Crippen LogP contribution is 2.16. The molecule has 0 aliphatic carbocycles. The summed E-state index contributed by atoms with van der Waals surface area (Å²) in [6.07, 6.45) is 2.20. The standard InChI is InChI=1S/C11H13BrN2O4/c12-6-3-9(14-5-6)11(17)18-7-1-2-13-8(4-7)10(15)16/h3,5,7-8,13-14H,1-2,4H2,(H,15,16). The third-order valence-corrected chi connectivity index (χ3v) is 3.25. The van der Waals surface area contributed by atoms with Crippen molar-refractivity contribution >= 4 is 27.9 Å². The third kappa shape index (κ3) is 3.11. The molecule has 0 saturated carbocycles. The summed E-state index contributed by atoms with van der Waals surface area (Å²) in [5.41, 5.74) is 0.354. The monoisotopic (exact) mass is 316 g/mol. The second-order valence-corrected chi connectivity index (χ2v) is 5.04. The van der Waals surface area contributed by atoms with Gasteiger partial charge >= 0.3 is 11.9 Å². The molecule has 3 N–H and O–H groups in total. The smallest absolute Gasteiger partial charge is 0.355 e. The maximum Gasteiger partial charge on any atom is 0.355 e. The van der Waals surface area contributed by atoms with Crippen LogP contribution < -0.4 is 5.32 Å². The van der Waals surface area contributed by atoms with Gasteiger partial charge in [0.2, 0.25) is 0 Å². The van der Waals surface area contributed by atoms with Crippen LogP contribution in [0.5, 0.6) is 0 Å². The molecule has 1 aliphatic heterocycles. The van der Waals surface area contributed by atoms with Crippen molar-refractivity contribution in [1.82, 2.24) is 10.3 Å². The molecule has 1 saturated heterocycles. The van der Waals surface area contributed by atoms with Gasteiger partial charge in [-0.15, -0.1) is 0 Å². The summed E-state index contributed by atoms with van der Waals surface area (Å²) in [6.45, 7) is 0.531. The van der Waals surface area contributed by atoms with Crippen molar-refractivity contribution < 1.29 is 19.4 Å². The van der Waals surface area contributed by atoms with Crippen LogP contribution in [0.25, 0.3) is 0 Å². The first-order valence-corrected chi connectivity index (χ1v) is 6.36. The number of carbonyl (C=O) groups excluding carboxylic acids is 1. The van der Waals surface area contributed by atoms with Gasteiger partial charge in [0.1, 0.15) is 17.8 Å². The number of carboxylic acids is 1. The molecule has 0 radical (unpaired) electrons. The lowest BCUT2D eigenvalue weighted by Gasteiger charge is -2.27. The summed E-state index contributed by atoms with van der Waals surface area (Å²) >= 11 is 3.23. The molecule has 0 amide bonds. The number of carbonyl (C=O) groups is 2. The Bertz CT molecular complexity index is 460. The average Bonchev–Trinajstić information content (AvgIpc) is 2.76. The van der Waals surface area contributed by atoms with E-state index in [0.29, 0.717) is 25.1 Å². The highest BCUT2D eigenvalue weighted by Gasteiger charge is 2.29. The number of halogens is 1. The number of rotatable bonds is 3. The third-order valence-electron chi connectivity index (χ3n) is 2.80. The van der Waals surface area contributed by atoms with Crippen molar-refractivity contribution in [2.24, 2.45) is 0 Å². The summed E-state index contributed by atoms with van der Waals surface area (Å²) in [5.74, 6) is -1.38. The minimum Gasteiger partial charge on any atom is -0.480 e. The average molecular weight is 317 g/mol. The molecule has 98 valence electrons. The highest BCUT2D eigenvalue weighted by molar-refractivity contribution is 9.10. The fourth-order valence-electron chi connectivity index (χ4n) is 1.88. The second kappa shape index (κ2) is 5.53. The molecule has 0 spiro atoms. The molecule has 1 aromatic rings. The molecule has 2 rings (SSSR count). The second-order valence-electron chi connectivity index (χ2n) is 4.13. The van der Waals surface area contributed by atoms with Crippen LogP contribution in [0.15, 0.2) is 16.7 Å². The van der Waals surface area contributed by atoms with E-state index in [-0.39, 0.29) is 6.10 Å². The zero-order valence-corrected chi connectivity index (χ0v) is 11.1. The molecular weight excluding hydrogens is 304 g/mol. The molecule has 6 nitrogen and oxygen atoms in total. The van der Waals surface area contributed by atoms with Gasteiger partial charge in [0.15, 0.2) is 0 Å². The predicted molar refractivity (Wildman–Crippen MR) is 66.4 cm³/mol. The fourth-order valence-corrected chi connectivity index (χ4v) is 2.22. The number of H-pyrrole nitrogens is 1. The molecule has 1 fully saturated rings. The number of aromatic nitrogens is 1. The zero-order valence-electron chi connectivity index (χ0n) is 9.48. The van der Waals surface area contributed by atoms with E-state index < -0.39 is 18.0 Å². The summed E-state index contributed by atoms with van der Waals surface area (Å²) in [6, 6.07) is 0.977. The van der Waals surface area contributed by atoms with Gasteiger partial charge in [0.25, 0.3) is 0 Å². The van der Waals surface area contributed by atoms with E-state index >= 15 is 0 Å². The molecular formula is C11H13BrN2O4. The van der Waals surface area contributed by atoms with Crippen molar-refractivity contribution in [2.45, 2.75) is 25.0 Å². The number of carboxylic acid groups (broad SMARTS) is 1. The van der Waals surface area contributed by atoms with Crippen LogP contribution in [-0.2, 0) is 9.53 Å². The number of esters is 1. The van der Waals surface area contributed by atoms with E-state index in [1.165, 1.54) is 0 Å². The van der Waals surface area contributed by atoms with E-state index in [2.05, 4.69) is 26.2 Å². The molecule has 2 atom stereocenters. The van der Waals surface area contributed by atoms with Crippen molar-refractivity contribution in [3.8, 4) is 0 Å². The SMILES string of the molecule is O=C(OC1CCNC(C(=O)O)C1)c1cc(Br)c[nH]1. The first kappa shape index (κ1) is 13.1. The van der Waals surface area contributed by atoms with Gasteiger partial charge in [-0.25, -0.2) is 4.79 Å². The summed E-state index contributed by atoms with van der Waals surface area (Å²) < 4.78 is 6.04. The van der Waals surface area contributed by atoms with Gasteiger partial charge in [-0.2, -0.15) is 0 Å². The molecule has 1 aromatic heterocycles. The topological polar surface area (TPSA) is 91.4 Å². The van der Waals surface area contributed by atoms with Crippen molar-refractivity contribution in [2.75, 3.05) is 6.54 Å². The van der Waals surface area contributed by atoms with E-state index in [1.54, 1.807) is 12.3 Å². The van der Waals surface area contributed by atoms with Crippen LogP contribution in [0, 0.1) is 0 Å². The number of nitrogens with one attached hydrogen (secondary N) is 2. The number of piperidine rings is 1. The van der Waals surface area contributed by atoms with Crippen LogP contribution in [-0.4, -0.2) is 40.7 Å². The molecule has 0 aromatic carbocycles. The van der Waals surface area contributed by atoms with Gasteiger partial charge in [-0.05, 0) is 35.0 Å². The number of hydrogen-bond donors (Lipinski definition) is 3. The first-order chi connectivity index (χ1) is 8.56. The van der Waals surface area contributed by atoms with E-state index in [9.17, 15) is 9.59 Å². The maximum atomic E-state index is 11.8. The van der Waals surface area contributed by atoms with Gasteiger partial charge in [-0.1, -0.05) is 0 Å². The quantitative estimate of drug-likeness (QED) is 0.727. The van der Waals surface area contributed by atoms with E-state index in [4.69, 9.17) is 9.84 Å². The van der Waals surface area contributed by atoms with Crippen molar-refractivity contribution in [3.63, 3.8) is 0 Å². The van der Waals surface area contributed by atoms with E-state index in [1.807, 2.05) is 0 Å². The maximum absolute atomic E-state index is 11.8. The Labute approximate surface area is 112 Å². The Hall–Kier alpha value is -1.34. The minimum atomic E-state index is -0.918. The zero-order chi connectivity index (χ0) is 13.1. The molecule has 2 heterocycles. The van der Waals surface area contributed by atoms with Gasteiger partial charge in [0, 0.05) is 17.1 Å². The summed E-state index contributed by atoms with van der Waals surface area (Å²) in [4.78, 5) is 25.4. The van der Waals surface area contributed by atoms with Gasteiger partial charge in [0.05, 0.1) is 0 Å². The van der Waals surface area contributed by atoms with Crippen LogP contribution in [0.2, 0.25) is 0 Å². The molecule has 7 heteroatoms. The van der Waals surface area contributed by atoms with Crippen LogP contribution in [0.4, 0.5) is 0 Å². The molecule has 2 unspecified atom stereocenters. The Kier molecular flexibility index (Phi) is 4.03. The Morgan fingerprint density at radius 2 is 2.28 bits per heavy atom. The number of hydrogen-bond acceptors (Lipinski definition) is 4. The highest BCUT2D eigenvalue weighted by atomic mass is 79.9. The molecule has 0 bridgehead atoms. The Balaban J connectivity index is 1.93. The molecule has 1 aliphatic rings. The minimum absolute atomic E-state index is 0.295. The van der Waals surface area contributed by atoms with Crippen LogP contribution in [0.1, 0.15) is 23.3 Å². The summed E-state index contributed by atoms with van der Waals surface area (Å²) in [7, 11) is 0.